The zero-order valence-corrected chi connectivity index (χ0v) is 11.8. The molecule has 0 fully saturated rings. The molecule has 2 aromatic rings. The molecule has 0 spiro atoms. The van der Waals surface area contributed by atoms with Crippen LogP contribution in [-0.2, 0) is 6.54 Å². The van der Waals surface area contributed by atoms with E-state index in [1.807, 2.05) is 0 Å². The summed E-state index contributed by atoms with van der Waals surface area (Å²) in [5.74, 6) is -1.81. The molecule has 0 bridgehead atoms. The molecule has 1 aromatic heterocycles. The second kappa shape index (κ2) is 6.49. The van der Waals surface area contributed by atoms with Crippen molar-refractivity contribution in [2.24, 2.45) is 0 Å². The van der Waals surface area contributed by atoms with E-state index in [-0.39, 0.29) is 17.6 Å². The average molecular weight is 312 g/mol. The second-order valence-corrected chi connectivity index (χ2v) is 4.63. The summed E-state index contributed by atoms with van der Waals surface area (Å²) in [5, 5.41) is 5.56. The van der Waals surface area contributed by atoms with Crippen molar-refractivity contribution in [2.75, 3.05) is 12.4 Å². The summed E-state index contributed by atoms with van der Waals surface area (Å²) in [6.45, 7) is 0.0743. The Kier molecular flexibility index (Phi) is 4.70. The summed E-state index contributed by atoms with van der Waals surface area (Å²) in [6.07, 6.45) is 0. The summed E-state index contributed by atoms with van der Waals surface area (Å²) in [4.78, 5) is 16.0. The Morgan fingerprint density at radius 3 is 2.67 bits per heavy atom. The molecule has 4 nitrogen and oxygen atoms in total. The summed E-state index contributed by atoms with van der Waals surface area (Å²) in [7, 11) is 1.65. The third-order valence-corrected chi connectivity index (χ3v) is 2.94. The van der Waals surface area contributed by atoms with Crippen LogP contribution in [0.5, 0.6) is 0 Å². The first-order valence-corrected chi connectivity index (χ1v) is 6.45. The van der Waals surface area contributed by atoms with Crippen molar-refractivity contribution in [1.82, 2.24) is 10.3 Å². The molecule has 1 aromatic carbocycles. The van der Waals surface area contributed by atoms with Crippen molar-refractivity contribution in [3.05, 3.63) is 58.2 Å². The lowest BCUT2D eigenvalue weighted by Gasteiger charge is -2.08. The average Bonchev–Trinajstić information content (AvgIpc) is 2.47. The van der Waals surface area contributed by atoms with Crippen LogP contribution in [0.1, 0.15) is 15.9 Å². The highest BCUT2D eigenvalue weighted by Crippen LogP contribution is 2.14. The van der Waals surface area contributed by atoms with Crippen molar-refractivity contribution in [3.63, 3.8) is 0 Å². The Balaban J connectivity index is 2.07. The van der Waals surface area contributed by atoms with Gasteiger partial charge in [-0.25, -0.2) is 13.8 Å². The Morgan fingerprint density at radius 2 is 2.00 bits per heavy atom. The number of aromatic nitrogens is 1. The Bertz CT molecular complexity index is 679. The van der Waals surface area contributed by atoms with E-state index in [0.29, 0.717) is 16.9 Å². The maximum absolute atomic E-state index is 13.1. The number of rotatable bonds is 4. The minimum Gasteiger partial charge on any atom is -0.373 e. The molecule has 7 heteroatoms. The SMILES string of the molecule is CNc1cc(C(=O)NCc2ccc(F)c(F)c2)cc(Cl)n1. The van der Waals surface area contributed by atoms with Crippen LogP contribution in [0.4, 0.5) is 14.6 Å². The topological polar surface area (TPSA) is 54.0 Å². The first kappa shape index (κ1) is 15.2. The monoisotopic (exact) mass is 311 g/mol. The third-order valence-electron chi connectivity index (χ3n) is 2.75. The molecule has 0 radical (unpaired) electrons. The number of nitrogens with zero attached hydrogens (tertiary/aromatic N) is 1. The number of amides is 1. The summed E-state index contributed by atoms with van der Waals surface area (Å²) in [5.41, 5.74) is 0.776. The van der Waals surface area contributed by atoms with Gasteiger partial charge in [-0.05, 0) is 29.8 Å². The van der Waals surface area contributed by atoms with Crippen LogP contribution in [0.25, 0.3) is 0 Å². The minimum absolute atomic E-state index is 0.0743. The van der Waals surface area contributed by atoms with Crippen molar-refractivity contribution in [1.29, 1.82) is 0 Å². The van der Waals surface area contributed by atoms with Crippen LogP contribution in [0.2, 0.25) is 5.15 Å². The standard InChI is InChI=1S/C14H12ClF2N3O/c1-18-13-6-9(5-12(15)20-13)14(21)19-7-8-2-3-10(16)11(17)4-8/h2-6H,7H2,1H3,(H,18,20)(H,19,21). The third kappa shape index (κ3) is 3.88. The normalized spacial score (nSPS) is 10.3. The van der Waals surface area contributed by atoms with E-state index in [9.17, 15) is 13.6 Å². The van der Waals surface area contributed by atoms with Gasteiger partial charge < -0.3 is 10.6 Å². The van der Waals surface area contributed by atoms with E-state index in [1.54, 1.807) is 7.05 Å². The van der Waals surface area contributed by atoms with Crippen LogP contribution in [0, 0.1) is 11.6 Å². The van der Waals surface area contributed by atoms with Crippen LogP contribution in [0.3, 0.4) is 0 Å². The minimum atomic E-state index is -0.953. The smallest absolute Gasteiger partial charge is 0.251 e. The van der Waals surface area contributed by atoms with Gasteiger partial charge in [-0.3, -0.25) is 4.79 Å². The van der Waals surface area contributed by atoms with Crippen molar-refractivity contribution in [2.45, 2.75) is 6.54 Å². The molecular formula is C14H12ClF2N3O. The molecule has 110 valence electrons. The highest BCUT2D eigenvalue weighted by molar-refractivity contribution is 6.29. The fraction of sp³-hybridized carbons (Fsp3) is 0.143. The van der Waals surface area contributed by atoms with Gasteiger partial charge in [0.1, 0.15) is 11.0 Å². The Morgan fingerprint density at radius 1 is 1.24 bits per heavy atom. The highest BCUT2D eigenvalue weighted by Gasteiger charge is 2.09. The molecule has 0 aliphatic rings. The molecular weight excluding hydrogens is 300 g/mol. The van der Waals surface area contributed by atoms with Gasteiger partial charge in [0.2, 0.25) is 0 Å². The van der Waals surface area contributed by atoms with E-state index < -0.39 is 11.6 Å². The molecule has 0 aliphatic carbocycles. The molecule has 1 heterocycles. The van der Waals surface area contributed by atoms with Gasteiger partial charge in [0.25, 0.3) is 5.91 Å². The molecule has 0 saturated carbocycles. The van der Waals surface area contributed by atoms with Gasteiger partial charge >= 0.3 is 0 Å². The van der Waals surface area contributed by atoms with Crippen molar-refractivity contribution >= 4 is 23.3 Å². The van der Waals surface area contributed by atoms with Gasteiger partial charge in [0.15, 0.2) is 11.6 Å². The number of hydrogen-bond donors (Lipinski definition) is 2. The molecule has 0 aliphatic heterocycles. The molecule has 0 unspecified atom stereocenters. The number of carbonyl (C=O) groups excluding carboxylic acids is 1. The van der Waals surface area contributed by atoms with E-state index in [4.69, 9.17) is 11.6 Å². The van der Waals surface area contributed by atoms with Crippen molar-refractivity contribution < 1.29 is 13.6 Å². The number of anilines is 1. The first-order valence-electron chi connectivity index (χ1n) is 6.07. The fourth-order valence-electron chi connectivity index (χ4n) is 1.69. The number of carbonyl (C=O) groups is 1. The van der Waals surface area contributed by atoms with E-state index in [1.165, 1.54) is 18.2 Å². The molecule has 0 atom stereocenters. The number of halogens is 3. The van der Waals surface area contributed by atoms with Gasteiger partial charge in [-0.1, -0.05) is 17.7 Å². The van der Waals surface area contributed by atoms with Gasteiger partial charge in [0.05, 0.1) is 0 Å². The number of benzene rings is 1. The second-order valence-electron chi connectivity index (χ2n) is 4.24. The maximum atomic E-state index is 13.1. The number of nitrogens with one attached hydrogen (secondary N) is 2. The van der Waals surface area contributed by atoms with Crippen LogP contribution < -0.4 is 10.6 Å². The quantitative estimate of drug-likeness (QED) is 0.854. The summed E-state index contributed by atoms with van der Waals surface area (Å²) < 4.78 is 25.9. The lowest BCUT2D eigenvalue weighted by atomic mass is 10.2. The van der Waals surface area contributed by atoms with E-state index in [2.05, 4.69) is 15.6 Å². The van der Waals surface area contributed by atoms with Gasteiger partial charge in [-0.15, -0.1) is 0 Å². The zero-order chi connectivity index (χ0) is 15.4. The fourth-order valence-corrected chi connectivity index (χ4v) is 1.90. The van der Waals surface area contributed by atoms with Crippen LogP contribution >= 0.6 is 11.6 Å². The lowest BCUT2D eigenvalue weighted by Crippen LogP contribution is -2.23. The van der Waals surface area contributed by atoms with Crippen LogP contribution in [0.15, 0.2) is 30.3 Å². The van der Waals surface area contributed by atoms with Gasteiger partial charge in [-0.2, -0.15) is 0 Å². The highest BCUT2D eigenvalue weighted by atomic mass is 35.5. The molecule has 21 heavy (non-hydrogen) atoms. The molecule has 2 rings (SSSR count). The first-order chi connectivity index (χ1) is 9.99. The molecule has 1 amide bonds. The molecule has 0 saturated heterocycles. The number of hydrogen-bond acceptors (Lipinski definition) is 3. The predicted molar refractivity (Wildman–Crippen MR) is 76.3 cm³/mol. The van der Waals surface area contributed by atoms with Gasteiger partial charge in [0, 0.05) is 19.2 Å². The maximum Gasteiger partial charge on any atom is 0.251 e. The Labute approximate surface area is 125 Å². The Hall–Kier alpha value is -2.21. The number of pyridine rings is 1. The van der Waals surface area contributed by atoms with Crippen molar-refractivity contribution in [3.8, 4) is 0 Å². The summed E-state index contributed by atoms with van der Waals surface area (Å²) in [6, 6.07) is 6.40. The van der Waals surface area contributed by atoms with E-state index >= 15 is 0 Å². The zero-order valence-electron chi connectivity index (χ0n) is 11.1. The van der Waals surface area contributed by atoms with E-state index in [0.717, 1.165) is 12.1 Å². The van der Waals surface area contributed by atoms with Crippen LogP contribution in [-0.4, -0.2) is 17.9 Å². The summed E-state index contributed by atoms with van der Waals surface area (Å²) >= 11 is 5.81. The predicted octanol–water partition coefficient (Wildman–Crippen LogP) is 2.98. The lowest BCUT2D eigenvalue weighted by molar-refractivity contribution is 0.0951. The largest absolute Gasteiger partial charge is 0.373 e. The molecule has 2 N–H and O–H groups in total.